The molecule has 3 N–H and O–H groups in total. The Bertz CT molecular complexity index is 942. The number of urea groups is 1. The third-order valence-electron chi connectivity index (χ3n) is 5.24. The lowest BCUT2D eigenvalue weighted by Crippen LogP contribution is -2.50. The van der Waals surface area contributed by atoms with Gasteiger partial charge in [0.2, 0.25) is 5.91 Å². The molecule has 10 heteroatoms. The van der Waals surface area contributed by atoms with E-state index in [-0.39, 0.29) is 18.1 Å². The van der Waals surface area contributed by atoms with Crippen LogP contribution in [0, 0.1) is 0 Å². The van der Waals surface area contributed by atoms with Gasteiger partial charge in [0.15, 0.2) is 0 Å². The van der Waals surface area contributed by atoms with E-state index < -0.39 is 17.8 Å². The number of hydrogen-bond donors (Lipinski definition) is 3. The molecule has 0 aromatic heterocycles. The first kappa shape index (κ1) is 24.4. The minimum atomic E-state index is -4.46. The van der Waals surface area contributed by atoms with Crippen LogP contribution in [0.1, 0.15) is 18.9 Å². The molecule has 33 heavy (non-hydrogen) atoms. The Morgan fingerprint density at radius 3 is 2.27 bits per heavy atom. The van der Waals surface area contributed by atoms with Gasteiger partial charge in [-0.25, -0.2) is 4.79 Å². The van der Waals surface area contributed by atoms with Crippen LogP contribution >= 0.6 is 0 Å². The van der Waals surface area contributed by atoms with Crippen molar-refractivity contribution in [2.45, 2.75) is 19.5 Å². The predicted molar refractivity (Wildman–Crippen MR) is 122 cm³/mol. The molecule has 1 fully saturated rings. The predicted octanol–water partition coefficient (Wildman–Crippen LogP) is 4.00. The Morgan fingerprint density at radius 2 is 1.64 bits per heavy atom. The van der Waals surface area contributed by atoms with E-state index in [1.165, 1.54) is 12.1 Å². The molecular formula is C23H28F3N5O2. The van der Waals surface area contributed by atoms with Crippen LogP contribution in [0.5, 0.6) is 0 Å². The molecule has 0 aliphatic carbocycles. The molecule has 2 aromatic rings. The van der Waals surface area contributed by atoms with Gasteiger partial charge in [0.1, 0.15) is 0 Å². The van der Waals surface area contributed by atoms with Crippen LogP contribution < -0.4 is 20.9 Å². The number of halogens is 3. The molecule has 1 aliphatic rings. The van der Waals surface area contributed by atoms with Crippen LogP contribution in [0.15, 0.2) is 48.5 Å². The fourth-order valence-corrected chi connectivity index (χ4v) is 3.48. The maximum Gasteiger partial charge on any atom is 0.416 e. The first-order valence-corrected chi connectivity index (χ1v) is 10.8. The molecule has 178 valence electrons. The van der Waals surface area contributed by atoms with E-state index in [1.54, 1.807) is 4.90 Å². The second-order valence-corrected chi connectivity index (χ2v) is 7.75. The first-order chi connectivity index (χ1) is 15.8. The topological polar surface area (TPSA) is 76.7 Å². The standard InChI is InChI=1S/C23H28F3N5O2/c1-2-10-27-16-21(32)28-18-6-8-20(9-7-18)30-11-13-31(14-12-30)22(33)29-19-5-3-4-17(15-19)23(24,25)26/h3-9,15,27H,2,10-14,16H2,1H3,(H,28,32)(H,29,33). The number of rotatable bonds is 7. The number of benzene rings is 2. The average molecular weight is 464 g/mol. The summed E-state index contributed by atoms with van der Waals surface area (Å²) in [6, 6.07) is 11.7. The van der Waals surface area contributed by atoms with Crippen molar-refractivity contribution in [3.63, 3.8) is 0 Å². The molecule has 7 nitrogen and oxygen atoms in total. The Morgan fingerprint density at radius 1 is 0.939 bits per heavy atom. The van der Waals surface area contributed by atoms with Crippen molar-refractivity contribution >= 4 is 29.0 Å². The zero-order chi connectivity index (χ0) is 23.8. The fourth-order valence-electron chi connectivity index (χ4n) is 3.48. The lowest BCUT2D eigenvalue weighted by Gasteiger charge is -2.36. The van der Waals surface area contributed by atoms with Crippen LogP contribution in [0.4, 0.5) is 35.0 Å². The molecule has 0 bridgehead atoms. The van der Waals surface area contributed by atoms with Gasteiger partial charge < -0.3 is 25.8 Å². The van der Waals surface area contributed by atoms with Gasteiger partial charge in [-0.15, -0.1) is 0 Å². The molecule has 0 atom stereocenters. The van der Waals surface area contributed by atoms with Crippen molar-refractivity contribution in [1.82, 2.24) is 10.2 Å². The summed E-state index contributed by atoms with van der Waals surface area (Å²) in [6.07, 6.45) is -3.50. The van der Waals surface area contributed by atoms with Crippen LogP contribution in [0.25, 0.3) is 0 Å². The molecule has 0 spiro atoms. The average Bonchev–Trinajstić information content (AvgIpc) is 2.79. The largest absolute Gasteiger partial charge is 0.416 e. The summed E-state index contributed by atoms with van der Waals surface area (Å²) in [4.78, 5) is 28.1. The summed E-state index contributed by atoms with van der Waals surface area (Å²) in [5.74, 6) is -0.100. The van der Waals surface area contributed by atoms with Crippen molar-refractivity contribution in [3.05, 3.63) is 54.1 Å². The Hall–Kier alpha value is -3.27. The van der Waals surface area contributed by atoms with E-state index in [1.807, 2.05) is 31.2 Å². The molecule has 0 unspecified atom stereocenters. The number of carbonyl (C=O) groups is 2. The summed E-state index contributed by atoms with van der Waals surface area (Å²) >= 11 is 0. The number of hydrogen-bond acceptors (Lipinski definition) is 4. The van der Waals surface area contributed by atoms with Crippen molar-refractivity contribution in [2.75, 3.05) is 54.8 Å². The van der Waals surface area contributed by atoms with Crippen LogP contribution in [0.2, 0.25) is 0 Å². The maximum absolute atomic E-state index is 12.9. The second kappa shape index (κ2) is 11.0. The van der Waals surface area contributed by atoms with Crippen molar-refractivity contribution in [2.24, 2.45) is 0 Å². The van der Waals surface area contributed by atoms with Crippen molar-refractivity contribution in [1.29, 1.82) is 0 Å². The Labute approximate surface area is 190 Å². The highest BCUT2D eigenvalue weighted by molar-refractivity contribution is 5.92. The monoisotopic (exact) mass is 463 g/mol. The molecule has 0 radical (unpaired) electrons. The number of anilines is 3. The molecule has 0 saturated carbocycles. The molecule has 1 saturated heterocycles. The highest BCUT2D eigenvalue weighted by Gasteiger charge is 2.30. The summed E-state index contributed by atoms with van der Waals surface area (Å²) in [5.41, 5.74) is 0.984. The Balaban J connectivity index is 1.48. The molecule has 2 aromatic carbocycles. The van der Waals surface area contributed by atoms with E-state index in [0.717, 1.165) is 30.8 Å². The number of nitrogens with one attached hydrogen (secondary N) is 3. The van der Waals surface area contributed by atoms with E-state index in [4.69, 9.17) is 0 Å². The first-order valence-electron chi connectivity index (χ1n) is 10.8. The molecule has 3 rings (SSSR count). The van der Waals surface area contributed by atoms with E-state index >= 15 is 0 Å². The lowest BCUT2D eigenvalue weighted by atomic mass is 10.2. The molecular weight excluding hydrogens is 435 g/mol. The summed E-state index contributed by atoms with van der Waals surface area (Å²) < 4.78 is 38.6. The fraction of sp³-hybridized carbons (Fsp3) is 0.391. The summed E-state index contributed by atoms with van der Waals surface area (Å²) in [5, 5.41) is 8.43. The zero-order valence-electron chi connectivity index (χ0n) is 18.4. The quantitative estimate of drug-likeness (QED) is 0.543. The normalized spacial score (nSPS) is 14.2. The van der Waals surface area contributed by atoms with Gasteiger partial charge in [-0.3, -0.25) is 4.79 Å². The minimum absolute atomic E-state index is 0.100. The lowest BCUT2D eigenvalue weighted by molar-refractivity contribution is -0.137. The van der Waals surface area contributed by atoms with Gasteiger partial charge in [0.25, 0.3) is 0 Å². The number of alkyl halides is 3. The Kier molecular flexibility index (Phi) is 8.16. The van der Waals surface area contributed by atoms with Gasteiger partial charge in [0.05, 0.1) is 12.1 Å². The number of amides is 3. The van der Waals surface area contributed by atoms with E-state index in [0.29, 0.717) is 31.9 Å². The smallest absolute Gasteiger partial charge is 0.368 e. The zero-order valence-corrected chi connectivity index (χ0v) is 18.4. The van der Waals surface area contributed by atoms with Crippen molar-refractivity contribution < 1.29 is 22.8 Å². The van der Waals surface area contributed by atoms with E-state index in [2.05, 4.69) is 20.9 Å². The summed E-state index contributed by atoms with van der Waals surface area (Å²) in [6.45, 7) is 5.13. The van der Waals surface area contributed by atoms with Gasteiger partial charge in [-0.05, 0) is 55.4 Å². The van der Waals surface area contributed by atoms with Gasteiger partial charge in [-0.2, -0.15) is 13.2 Å². The second-order valence-electron chi connectivity index (χ2n) is 7.75. The summed E-state index contributed by atoms with van der Waals surface area (Å²) in [7, 11) is 0. The van der Waals surface area contributed by atoms with Crippen molar-refractivity contribution in [3.8, 4) is 0 Å². The number of nitrogens with zero attached hydrogens (tertiary/aromatic N) is 2. The van der Waals surface area contributed by atoms with Crippen LogP contribution in [0.3, 0.4) is 0 Å². The third-order valence-corrected chi connectivity index (χ3v) is 5.24. The highest BCUT2D eigenvalue weighted by Crippen LogP contribution is 2.30. The van der Waals surface area contributed by atoms with E-state index in [9.17, 15) is 22.8 Å². The van der Waals surface area contributed by atoms with Crippen LogP contribution in [-0.4, -0.2) is 56.1 Å². The highest BCUT2D eigenvalue weighted by atomic mass is 19.4. The van der Waals surface area contributed by atoms with Gasteiger partial charge >= 0.3 is 12.2 Å². The third kappa shape index (κ3) is 7.11. The molecule has 3 amide bonds. The molecule has 1 heterocycles. The van der Waals surface area contributed by atoms with Crippen LogP contribution in [-0.2, 0) is 11.0 Å². The van der Waals surface area contributed by atoms with Gasteiger partial charge in [0, 0.05) is 43.2 Å². The number of piperazine rings is 1. The number of carbonyl (C=O) groups excluding carboxylic acids is 2. The van der Waals surface area contributed by atoms with Gasteiger partial charge in [-0.1, -0.05) is 13.0 Å². The maximum atomic E-state index is 12.9. The minimum Gasteiger partial charge on any atom is -0.368 e. The molecule has 1 aliphatic heterocycles. The SMILES string of the molecule is CCCNCC(=O)Nc1ccc(N2CCN(C(=O)Nc3cccc(C(F)(F)F)c3)CC2)cc1.